The van der Waals surface area contributed by atoms with Gasteiger partial charge in [0, 0.05) is 4.88 Å². The first-order valence-corrected chi connectivity index (χ1v) is 8.28. The van der Waals surface area contributed by atoms with Crippen LogP contribution in [0, 0.1) is 0 Å². The van der Waals surface area contributed by atoms with E-state index >= 15 is 0 Å². The van der Waals surface area contributed by atoms with Crippen LogP contribution in [0.3, 0.4) is 0 Å². The van der Waals surface area contributed by atoms with Crippen LogP contribution in [-0.2, 0) is 16.0 Å². The molecule has 0 radical (unpaired) electrons. The van der Waals surface area contributed by atoms with Crippen molar-refractivity contribution >= 4 is 28.9 Å². The summed E-state index contributed by atoms with van der Waals surface area (Å²) in [5.41, 5.74) is 0.938. The van der Waals surface area contributed by atoms with Gasteiger partial charge in [-0.25, -0.2) is 4.79 Å². The highest BCUT2D eigenvalue weighted by atomic mass is 32.1. The van der Waals surface area contributed by atoms with Gasteiger partial charge in [-0.05, 0) is 43.5 Å². The summed E-state index contributed by atoms with van der Waals surface area (Å²) in [6.45, 7) is 4.33. The maximum Gasteiger partial charge on any atom is 0.338 e. The molecule has 0 aliphatic heterocycles. The van der Waals surface area contributed by atoms with E-state index in [-0.39, 0.29) is 5.91 Å². The first kappa shape index (κ1) is 17.0. The van der Waals surface area contributed by atoms with E-state index in [0.717, 1.165) is 4.88 Å². The van der Waals surface area contributed by atoms with E-state index in [1.54, 1.807) is 25.1 Å². The zero-order valence-electron chi connectivity index (χ0n) is 13.1. The molecular weight excluding hydrogens is 314 g/mol. The predicted octanol–water partition coefficient (Wildman–Crippen LogP) is 3.50. The molecule has 5 nitrogen and oxygen atoms in total. The van der Waals surface area contributed by atoms with Crippen LogP contribution in [-0.4, -0.2) is 25.1 Å². The minimum Gasteiger partial charge on any atom is -0.492 e. The fourth-order valence-electron chi connectivity index (χ4n) is 2.01. The van der Waals surface area contributed by atoms with Gasteiger partial charge in [-0.15, -0.1) is 11.3 Å². The van der Waals surface area contributed by atoms with Gasteiger partial charge >= 0.3 is 5.97 Å². The molecule has 6 heteroatoms. The molecule has 0 atom stereocenters. The number of ether oxygens (including phenoxy) is 2. The Labute approximate surface area is 139 Å². The van der Waals surface area contributed by atoms with E-state index in [2.05, 4.69) is 5.32 Å². The Morgan fingerprint density at radius 2 is 2.00 bits per heavy atom. The van der Waals surface area contributed by atoms with Crippen LogP contribution in [0.5, 0.6) is 5.75 Å². The van der Waals surface area contributed by atoms with E-state index in [4.69, 9.17) is 9.47 Å². The van der Waals surface area contributed by atoms with Crippen LogP contribution < -0.4 is 10.1 Å². The van der Waals surface area contributed by atoms with Crippen molar-refractivity contribution in [1.82, 2.24) is 0 Å². The number of hydrogen-bond acceptors (Lipinski definition) is 5. The van der Waals surface area contributed by atoms with E-state index in [9.17, 15) is 9.59 Å². The quantitative estimate of drug-likeness (QED) is 0.788. The van der Waals surface area contributed by atoms with Crippen LogP contribution in [0.25, 0.3) is 0 Å². The molecule has 0 bridgehead atoms. The molecule has 0 aliphatic carbocycles. The second-order valence-corrected chi connectivity index (χ2v) is 5.70. The molecule has 2 aromatic rings. The Kier molecular flexibility index (Phi) is 6.17. The number of benzene rings is 1. The smallest absolute Gasteiger partial charge is 0.338 e. The molecule has 0 saturated carbocycles. The average Bonchev–Trinajstić information content (AvgIpc) is 3.02. The molecule has 1 aromatic heterocycles. The monoisotopic (exact) mass is 333 g/mol. The van der Waals surface area contributed by atoms with Crippen molar-refractivity contribution in [3.8, 4) is 5.75 Å². The molecule has 0 unspecified atom stereocenters. The lowest BCUT2D eigenvalue weighted by Gasteiger charge is -2.13. The molecule has 0 aliphatic rings. The van der Waals surface area contributed by atoms with Crippen LogP contribution in [0.1, 0.15) is 29.1 Å². The minimum absolute atomic E-state index is 0.128. The molecule has 1 heterocycles. The summed E-state index contributed by atoms with van der Waals surface area (Å²) >= 11 is 1.53. The molecule has 122 valence electrons. The zero-order valence-corrected chi connectivity index (χ0v) is 13.9. The van der Waals surface area contributed by atoms with Crippen molar-refractivity contribution in [3.63, 3.8) is 0 Å². The van der Waals surface area contributed by atoms with Gasteiger partial charge in [0.05, 0.1) is 30.9 Å². The van der Waals surface area contributed by atoms with Crippen molar-refractivity contribution in [2.75, 3.05) is 18.5 Å². The molecule has 1 N–H and O–H groups in total. The van der Waals surface area contributed by atoms with E-state index in [1.807, 2.05) is 24.4 Å². The number of amides is 1. The van der Waals surface area contributed by atoms with E-state index < -0.39 is 5.97 Å². The van der Waals surface area contributed by atoms with Gasteiger partial charge < -0.3 is 14.8 Å². The topological polar surface area (TPSA) is 64.6 Å². The third kappa shape index (κ3) is 4.82. The number of esters is 1. The Bertz CT molecular complexity index is 667. The lowest BCUT2D eigenvalue weighted by atomic mass is 10.2. The van der Waals surface area contributed by atoms with Gasteiger partial charge in [0.15, 0.2) is 0 Å². The number of thiophene rings is 1. The molecule has 1 aromatic carbocycles. The zero-order chi connectivity index (χ0) is 16.7. The highest BCUT2D eigenvalue weighted by molar-refractivity contribution is 7.10. The summed E-state index contributed by atoms with van der Waals surface area (Å²) in [6, 6.07) is 8.68. The summed E-state index contributed by atoms with van der Waals surface area (Å²) in [4.78, 5) is 24.9. The number of carbonyl (C=O) groups excluding carboxylic acids is 2. The maximum atomic E-state index is 12.1. The Morgan fingerprint density at radius 1 is 1.17 bits per heavy atom. The van der Waals surface area contributed by atoms with E-state index in [0.29, 0.717) is 36.6 Å². The van der Waals surface area contributed by atoms with Crippen LogP contribution in [0.15, 0.2) is 35.7 Å². The fraction of sp³-hybridized carbons (Fsp3) is 0.294. The molecule has 2 rings (SSSR count). The standard InChI is InChI=1S/C17H19NO4S/c1-3-21-15-10-12(17(20)22-4-2)7-8-14(15)18-16(19)11-13-6-5-9-23-13/h5-10H,3-4,11H2,1-2H3,(H,18,19). The number of hydrogen-bond donors (Lipinski definition) is 1. The second-order valence-electron chi connectivity index (χ2n) is 4.67. The average molecular weight is 333 g/mol. The second kappa shape index (κ2) is 8.33. The molecule has 0 fully saturated rings. The fourth-order valence-corrected chi connectivity index (χ4v) is 2.71. The summed E-state index contributed by atoms with van der Waals surface area (Å²) in [6.07, 6.45) is 0.308. The van der Waals surface area contributed by atoms with E-state index in [1.165, 1.54) is 11.3 Å². The molecule has 1 amide bonds. The highest BCUT2D eigenvalue weighted by Gasteiger charge is 2.13. The normalized spacial score (nSPS) is 10.2. The number of anilines is 1. The molecule has 0 saturated heterocycles. The van der Waals surface area contributed by atoms with Gasteiger partial charge in [0.1, 0.15) is 5.75 Å². The van der Waals surface area contributed by atoms with Crippen molar-refractivity contribution in [3.05, 3.63) is 46.2 Å². The van der Waals surface area contributed by atoms with Crippen LogP contribution >= 0.6 is 11.3 Å². The Balaban J connectivity index is 2.13. The van der Waals surface area contributed by atoms with Crippen molar-refractivity contribution < 1.29 is 19.1 Å². The largest absolute Gasteiger partial charge is 0.492 e. The van der Waals surface area contributed by atoms with Gasteiger partial charge in [-0.3, -0.25) is 4.79 Å². The minimum atomic E-state index is -0.412. The Morgan fingerprint density at radius 3 is 2.65 bits per heavy atom. The summed E-state index contributed by atoms with van der Waals surface area (Å²) < 4.78 is 10.5. The first-order valence-electron chi connectivity index (χ1n) is 7.40. The maximum absolute atomic E-state index is 12.1. The van der Waals surface area contributed by atoms with Gasteiger partial charge in [0.2, 0.25) is 5.91 Å². The Hall–Kier alpha value is -2.34. The van der Waals surface area contributed by atoms with Crippen molar-refractivity contribution in [1.29, 1.82) is 0 Å². The number of carbonyl (C=O) groups is 2. The third-order valence-electron chi connectivity index (χ3n) is 2.98. The first-order chi connectivity index (χ1) is 11.1. The molecule has 0 spiro atoms. The highest BCUT2D eigenvalue weighted by Crippen LogP contribution is 2.27. The van der Waals surface area contributed by atoms with Crippen LogP contribution in [0.2, 0.25) is 0 Å². The lowest BCUT2D eigenvalue weighted by molar-refractivity contribution is -0.115. The molecule has 23 heavy (non-hydrogen) atoms. The summed E-state index contributed by atoms with van der Waals surface area (Å²) in [5.74, 6) is -0.0835. The number of rotatable bonds is 7. The predicted molar refractivity (Wildman–Crippen MR) is 90.2 cm³/mol. The summed E-state index contributed by atoms with van der Waals surface area (Å²) in [5, 5.41) is 4.76. The lowest BCUT2D eigenvalue weighted by Crippen LogP contribution is -2.15. The molecular formula is C17H19NO4S. The SMILES string of the molecule is CCOC(=O)c1ccc(NC(=O)Cc2cccs2)c(OCC)c1. The van der Waals surface area contributed by atoms with Crippen LogP contribution in [0.4, 0.5) is 5.69 Å². The van der Waals surface area contributed by atoms with Gasteiger partial charge in [-0.1, -0.05) is 6.07 Å². The van der Waals surface area contributed by atoms with Gasteiger partial charge in [-0.2, -0.15) is 0 Å². The number of nitrogens with one attached hydrogen (secondary N) is 1. The van der Waals surface area contributed by atoms with Crippen molar-refractivity contribution in [2.45, 2.75) is 20.3 Å². The van der Waals surface area contributed by atoms with Gasteiger partial charge in [0.25, 0.3) is 0 Å². The summed E-state index contributed by atoms with van der Waals surface area (Å²) in [7, 11) is 0. The third-order valence-corrected chi connectivity index (χ3v) is 3.86. The van der Waals surface area contributed by atoms with Crippen molar-refractivity contribution in [2.24, 2.45) is 0 Å².